The zero-order chi connectivity index (χ0) is 16.2. The summed E-state index contributed by atoms with van der Waals surface area (Å²) in [6.07, 6.45) is 0.914. The van der Waals surface area contributed by atoms with Crippen LogP contribution in [0.4, 0.5) is 5.69 Å². The summed E-state index contributed by atoms with van der Waals surface area (Å²) in [6.45, 7) is 5.20. The molecule has 1 saturated heterocycles. The average Bonchev–Trinajstić information content (AvgIpc) is 2.77. The summed E-state index contributed by atoms with van der Waals surface area (Å²) >= 11 is 6.26. The molecule has 6 nitrogen and oxygen atoms in total. The number of rotatable bonds is 3. The van der Waals surface area contributed by atoms with Crippen LogP contribution in [0.2, 0.25) is 5.02 Å². The molecular formula is C16H21ClN2O4. The number of fused-ring (bicyclic) bond motifs is 1. The Balaban J connectivity index is 1.63. The second kappa shape index (κ2) is 7.27. The van der Waals surface area contributed by atoms with Gasteiger partial charge in [0.1, 0.15) is 0 Å². The summed E-state index contributed by atoms with van der Waals surface area (Å²) < 4.78 is 16.7. The Labute approximate surface area is 140 Å². The maximum atomic E-state index is 12.3. The molecule has 0 aromatic heterocycles. The number of carbonyl (C=O) groups excluding carboxylic acids is 1. The maximum absolute atomic E-state index is 12.3. The molecule has 0 bridgehead atoms. The van der Waals surface area contributed by atoms with Gasteiger partial charge in [-0.05, 0) is 6.92 Å². The van der Waals surface area contributed by atoms with Gasteiger partial charge < -0.3 is 24.4 Å². The number of hydrogen-bond donors (Lipinski definition) is 1. The Morgan fingerprint density at radius 1 is 1.30 bits per heavy atom. The van der Waals surface area contributed by atoms with Crippen molar-refractivity contribution in [3.63, 3.8) is 0 Å². The van der Waals surface area contributed by atoms with Crippen LogP contribution in [0.25, 0.3) is 0 Å². The number of ether oxygens (including phenoxy) is 3. The number of morpholine rings is 1. The van der Waals surface area contributed by atoms with Gasteiger partial charge in [-0.25, -0.2) is 0 Å². The van der Waals surface area contributed by atoms with Gasteiger partial charge in [-0.3, -0.25) is 4.79 Å². The topological polar surface area (TPSA) is 60.0 Å². The maximum Gasteiger partial charge on any atom is 0.242 e. The number of amides is 1. The minimum atomic E-state index is 0.0309. The summed E-state index contributed by atoms with van der Waals surface area (Å²) in [5.74, 6) is 1.33. The fourth-order valence-electron chi connectivity index (χ4n) is 2.65. The van der Waals surface area contributed by atoms with Crippen molar-refractivity contribution in [3.05, 3.63) is 17.2 Å². The Morgan fingerprint density at radius 2 is 2.04 bits per heavy atom. The Morgan fingerprint density at radius 3 is 2.78 bits per heavy atom. The molecule has 0 radical (unpaired) electrons. The van der Waals surface area contributed by atoms with Crippen molar-refractivity contribution in [1.29, 1.82) is 0 Å². The van der Waals surface area contributed by atoms with E-state index in [1.807, 2.05) is 6.92 Å². The first kappa shape index (κ1) is 16.2. The van der Waals surface area contributed by atoms with Gasteiger partial charge in [-0.1, -0.05) is 11.6 Å². The van der Waals surface area contributed by atoms with Crippen molar-refractivity contribution >= 4 is 23.2 Å². The molecule has 1 atom stereocenters. The number of nitrogens with zero attached hydrogens (tertiary/aromatic N) is 1. The van der Waals surface area contributed by atoms with E-state index in [2.05, 4.69) is 5.32 Å². The highest BCUT2D eigenvalue weighted by Gasteiger charge is 2.21. The van der Waals surface area contributed by atoms with Crippen LogP contribution in [-0.4, -0.2) is 56.4 Å². The van der Waals surface area contributed by atoms with Crippen LogP contribution in [0.3, 0.4) is 0 Å². The normalized spacial score (nSPS) is 20.8. The van der Waals surface area contributed by atoms with Crippen LogP contribution in [0.5, 0.6) is 11.5 Å². The third kappa shape index (κ3) is 4.00. The summed E-state index contributed by atoms with van der Waals surface area (Å²) in [5.41, 5.74) is 0.672. The number of anilines is 1. The highest BCUT2D eigenvalue weighted by Crippen LogP contribution is 2.37. The zero-order valence-corrected chi connectivity index (χ0v) is 13.9. The van der Waals surface area contributed by atoms with Crippen LogP contribution in [0.1, 0.15) is 13.3 Å². The first-order valence-electron chi connectivity index (χ1n) is 7.86. The SMILES string of the molecule is CC1CN(C(=O)CNc2cc3c(cc2Cl)OCCCO3)CCO1. The molecule has 7 heteroatoms. The standard InChI is InChI=1S/C16H21ClN2O4/c1-11-10-19(3-6-21-11)16(20)9-18-13-8-15-14(7-12(13)17)22-4-2-5-23-15/h7-8,11,18H,2-6,9-10H2,1H3. The molecule has 1 aromatic carbocycles. The van der Waals surface area contributed by atoms with E-state index in [-0.39, 0.29) is 18.6 Å². The lowest BCUT2D eigenvalue weighted by molar-refractivity contribution is -0.136. The van der Waals surface area contributed by atoms with Gasteiger partial charge in [0.15, 0.2) is 11.5 Å². The van der Waals surface area contributed by atoms with Crippen molar-refractivity contribution in [2.75, 3.05) is 44.8 Å². The van der Waals surface area contributed by atoms with Gasteiger partial charge in [0.05, 0.1) is 43.2 Å². The lowest BCUT2D eigenvalue weighted by atomic mass is 10.2. The number of benzene rings is 1. The van der Waals surface area contributed by atoms with Crippen molar-refractivity contribution in [2.45, 2.75) is 19.4 Å². The lowest BCUT2D eigenvalue weighted by Crippen LogP contribution is -2.46. The molecule has 1 aromatic rings. The summed E-state index contributed by atoms with van der Waals surface area (Å²) in [5, 5.41) is 3.61. The van der Waals surface area contributed by atoms with Crippen LogP contribution < -0.4 is 14.8 Å². The summed E-state index contributed by atoms with van der Waals surface area (Å²) in [7, 11) is 0. The predicted molar refractivity (Wildman–Crippen MR) is 87.5 cm³/mol. The Kier molecular flexibility index (Phi) is 5.13. The Hall–Kier alpha value is -1.66. The van der Waals surface area contributed by atoms with Crippen molar-refractivity contribution < 1.29 is 19.0 Å². The number of nitrogens with one attached hydrogen (secondary N) is 1. The quantitative estimate of drug-likeness (QED) is 0.913. The van der Waals surface area contributed by atoms with Crippen molar-refractivity contribution in [1.82, 2.24) is 4.90 Å². The molecule has 2 aliphatic rings. The molecule has 0 spiro atoms. The second-order valence-electron chi connectivity index (χ2n) is 5.70. The smallest absolute Gasteiger partial charge is 0.242 e. The van der Waals surface area contributed by atoms with E-state index in [9.17, 15) is 4.79 Å². The van der Waals surface area contributed by atoms with Crippen LogP contribution in [-0.2, 0) is 9.53 Å². The molecule has 1 unspecified atom stereocenters. The molecule has 2 aliphatic heterocycles. The third-order valence-corrected chi connectivity index (χ3v) is 4.17. The fraction of sp³-hybridized carbons (Fsp3) is 0.562. The van der Waals surface area contributed by atoms with E-state index in [1.165, 1.54) is 0 Å². The highest BCUT2D eigenvalue weighted by atomic mass is 35.5. The summed E-state index contributed by atoms with van der Waals surface area (Å²) in [4.78, 5) is 14.1. The molecule has 3 rings (SSSR count). The van der Waals surface area contributed by atoms with Gasteiger partial charge >= 0.3 is 0 Å². The molecule has 1 N–H and O–H groups in total. The molecular weight excluding hydrogens is 320 g/mol. The molecule has 1 fully saturated rings. The predicted octanol–water partition coefficient (Wildman–Crippen LogP) is 2.16. The van der Waals surface area contributed by atoms with E-state index in [1.54, 1.807) is 17.0 Å². The molecule has 1 amide bonds. The summed E-state index contributed by atoms with van der Waals surface area (Å²) in [6, 6.07) is 3.52. The van der Waals surface area contributed by atoms with E-state index in [0.29, 0.717) is 55.1 Å². The molecule has 0 saturated carbocycles. The molecule has 0 aliphatic carbocycles. The van der Waals surface area contributed by atoms with E-state index < -0.39 is 0 Å². The van der Waals surface area contributed by atoms with Gasteiger partial charge in [0.25, 0.3) is 0 Å². The third-order valence-electron chi connectivity index (χ3n) is 3.86. The van der Waals surface area contributed by atoms with Crippen LogP contribution in [0, 0.1) is 0 Å². The van der Waals surface area contributed by atoms with Gasteiger partial charge in [0.2, 0.25) is 5.91 Å². The van der Waals surface area contributed by atoms with Crippen LogP contribution >= 0.6 is 11.6 Å². The zero-order valence-electron chi connectivity index (χ0n) is 13.1. The van der Waals surface area contributed by atoms with E-state index >= 15 is 0 Å². The van der Waals surface area contributed by atoms with E-state index in [4.69, 9.17) is 25.8 Å². The molecule has 126 valence electrons. The second-order valence-corrected chi connectivity index (χ2v) is 6.11. The minimum absolute atomic E-state index is 0.0309. The molecule has 2 heterocycles. The lowest BCUT2D eigenvalue weighted by Gasteiger charge is -2.31. The van der Waals surface area contributed by atoms with Crippen molar-refractivity contribution in [2.24, 2.45) is 0 Å². The van der Waals surface area contributed by atoms with Gasteiger partial charge in [-0.15, -0.1) is 0 Å². The largest absolute Gasteiger partial charge is 0.490 e. The average molecular weight is 341 g/mol. The first-order valence-corrected chi connectivity index (χ1v) is 8.23. The Bertz CT molecular complexity index is 581. The number of carbonyl (C=O) groups is 1. The fourth-order valence-corrected chi connectivity index (χ4v) is 2.87. The highest BCUT2D eigenvalue weighted by molar-refractivity contribution is 6.33. The minimum Gasteiger partial charge on any atom is -0.490 e. The molecule has 23 heavy (non-hydrogen) atoms. The van der Waals surface area contributed by atoms with Crippen LogP contribution in [0.15, 0.2) is 12.1 Å². The number of hydrogen-bond acceptors (Lipinski definition) is 5. The first-order chi connectivity index (χ1) is 11.1. The monoisotopic (exact) mass is 340 g/mol. The van der Waals surface area contributed by atoms with Gasteiger partial charge in [-0.2, -0.15) is 0 Å². The number of halogens is 1. The van der Waals surface area contributed by atoms with E-state index in [0.717, 1.165) is 6.42 Å². The van der Waals surface area contributed by atoms with Gasteiger partial charge in [0, 0.05) is 31.6 Å². The van der Waals surface area contributed by atoms with Crippen molar-refractivity contribution in [3.8, 4) is 11.5 Å².